The molecule has 0 spiro atoms. The lowest BCUT2D eigenvalue weighted by Gasteiger charge is -2.28. The Morgan fingerprint density at radius 3 is 1.09 bits per heavy atom. The smallest absolute Gasteiger partial charge is 0.326 e. The molecule has 0 aromatic heterocycles. The van der Waals surface area contributed by atoms with Gasteiger partial charge in [-0.05, 0) is 38.5 Å². The van der Waals surface area contributed by atoms with E-state index in [1.807, 2.05) is 21.3 Å². The molecule has 0 unspecified atom stereocenters. The highest BCUT2D eigenvalue weighted by molar-refractivity contribution is 6.01. The number of primary amides is 4. The third-order valence-electron chi connectivity index (χ3n) is 10.8. The molecule has 0 aliphatic rings. The summed E-state index contributed by atoms with van der Waals surface area (Å²) >= 11 is 0. The molecule has 432 valence electrons. The second kappa shape index (κ2) is 32.7. The Morgan fingerprint density at radius 2 is 0.714 bits per heavy atom. The molecule has 0 fully saturated rings. The molecular weight excluding hydrogens is 1030 g/mol. The molecule has 0 aromatic carbocycles. The highest BCUT2D eigenvalue weighted by atomic mass is 16.4. The van der Waals surface area contributed by atoms with Crippen molar-refractivity contribution in [3.05, 3.63) is 0 Å². The van der Waals surface area contributed by atoms with E-state index in [4.69, 9.17) is 33.8 Å². The number of carbonyl (C=O) groups excluding carboxylic acids is 13. The van der Waals surface area contributed by atoms with Gasteiger partial charge in [0, 0.05) is 12.8 Å². The maximum absolute atomic E-state index is 13.6. The van der Waals surface area contributed by atoms with Crippen LogP contribution in [0.2, 0.25) is 0 Å². The van der Waals surface area contributed by atoms with Gasteiger partial charge >= 0.3 is 17.9 Å². The molecule has 0 radical (unpaired) electrons. The number of carbonyl (C=O) groups is 16. The number of amides is 13. The summed E-state index contributed by atoms with van der Waals surface area (Å²) in [5.41, 5.74) is 26.8. The number of hydrogen-bond acceptors (Lipinski definition) is 18. The highest BCUT2D eigenvalue weighted by Gasteiger charge is 2.38. The number of carboxylic acid groups (broad SMARTS) is 3. The number of carboxylic acids is 3. The van der Waals surface area contributed by atoms with Gasteiger partial charge in [-0.15, -0.1) is 0 Å². The lowest BCUT2D eigenvalue weighted by atomic mass is 10.0. The Hall–Kier alpha value is -8.56. The van der Waals surface area contributed by atoms with Crippen LogP contribution in [-0.2, 0) is 76.7 Å². The minimum atomic E-state index is -2.10. The maximum Gasteiger partial charge on any atom is 0.326 e. The van der Waals surface area contributed by atoms with Gasteiger partial charge in [0.05, 0.1) is 37.8 Å². The average Bonchev–Trinajstić information content (AvgIpc) is 3.29. The monoisotopic (exact) mass is 1100 g/mol. The van der Waals surface area contributed by atoms with Crippen molar-refractivity contribution in [3.63, 3.8) is 0 Å². The first-order valence-electron chi connectivity index (χ1n) is 23.5. The lowest BCUT2D eigenvalue weighted by Crippen LogP contribution is -2.62. The molecule has 0 heterocycles. The van der Waals surface area contributed by atoms with Crippen LogP contribution < -0.4 is 76.5 Å². The van der Waals surface area contributed by atoms with Crippen molar-refractivity contribution in [1.82, 2.24) is 47.9 Å². The maximum atomic E-state index is 13.6. The second-order valence-corrected chi connectivity index (χ2v) is 18.2. The molecule has 0 rings (SSSR count). The van der Waals surface area contributed by atoms with Gasteiger partial charge in [-0.25, -0.2) is 4.79 Å². The summed E-state index contributed by atoms with van der Waals surface area (Å²) in [6, 6.07) is -17.8. The molecule has 13 amide bonds. The number of nitrogens with two attached hydrogens (primary N) is 5. The van der Waals surface area contributed by atoms with E-state index in [0.717, 1.165) is 13.8 Å². The van der Waals surface area contributed by atoms with Gasteiger partial charge in [0.25, 0.3) is 0 Å². The molecule has 0 saturated carbocycles. The molecule has 34 nitrogen and oxygen atoms in total. The predicted molar refractivity (Wildman–Crippen MR) is 259 cm³/mol. The van der Waals surface area contributed by atoms with E-state index in [1.165, 1.54) is 13.8 Å². The zero-order valence-corrected chi connectivity index (χ0v) is 42.9. The van der Waals surface area contributed by atoms with Gasteiger partial charge in [-0.3, -0.25) is 71.9 Å². The van der Waals surface area contributed by atoms with Crippen molar-refractivity contribution in [2.24, 2.45) is 40.5 Å². The van der Waals surface area contributed by atoms with E-state index in [1.54, 1.807) is 13.8 Å². The number of aliphatic hydroxyl groups excluding tert-OH is 1. The van der Waals surface area contributed by atoms with E-state index >= 15 is 0 Å². The second-order valence-electron chi connectivity index (χ2n) is 18.2. The van der Waals surface area contributed by atoms with Crippen molar-refractivity contribution >= 4 is 94.7 Å². The Balaban J connectivity index is 6.43. The predicted octanol–water partition coefficient (Wildman–Crippen LogP) is -9.29. The van der Waals surface area contributed by atoms with Crippen LogP contribution in [0.3, 0.4) is 0 Å². The first kappa shape index (κ1) is 68.4. The SMILES string of the molecule is CC(C)[C@H](N)C(=O)N[C@@H](CCC(N)=O)C(=O)N[C@@H](CC(=O)O)C(=O)N[C@H](C(=O)N[C@@H](C)C(=O)N[C@@H](CC(N)=O)C(=O)N[C@@H](CC(N)=O)C(=O)N[C@H](C(=O)N[C@@H](CC(N)=O)C(=O)N[C@@H](CCC(=O)O)C(=O)O)[C@@H](C)O)C(C)C. The van der Waals surface area contributed by atoms with Gasteiger partial charge in [-0.2, -0.15) is 0 Å². The highest BCUT2D eigenvalue weighted by Crippen LogP contribution is 2.09. The Morgan fingerprint density at radius 1 is 0.364 bits per heavy atom. The molecule has 23 N–H and O–H groups in total. The van der Waals surface area contributed by atoms with Crippen LogP contribution in [-0.4, -0.2) is 182 Å². The molecule has 0 aliphatic heterocycles. The third-order valence-corrected chi connectivity index (χ3v) is 10.8. The third kappa shape index (κ3) is 26.0. The van der Waals surface area contributed by atoms with Crippen molar-refractivity contribution in [1.29, 1.82) is 0 Å². The lowest BCUT2D eigenvalue weighted by molar-refractivity contribution is -0.144. The van der Waals surface area contributed by atoms with Gasteiger partial charge in [0.2, 0.25) is 76.8 Å². The fraction of sp³-hybridized carbons (Fsp3) is 0.628. The van der Waals surface area contributed by atoms with Gasteiger partial charge < -0.3 is 96.9 Å². The largest absolute Gasteiger partial charge is 0.481 e. The van der Waals surface area contributed by atoms with Crippen molar-refractivity contribution in [2.45, 2.75) is 159 Å². The normalized spacial score (nSPS) is 15.2. The summed E-state index contributed by atoms with van der Waals surface area (Å²) in [5.74, 6) is -21.7. The van der Waals surface area contributed by atoms with Crippen LogP contribution in [0.4, 0.5) is 0 Å². The molecule has 34 heteroatoms. The first-order chi connectivity index (χ1) is 35.5. The minimum absolute atomic E-state index is 0.388. The number of aliphatic carboxylic acids is 3. The van der Waals surface area contributed by atoms with E-state index in [9.17, 15) is 92.0 Å². The van der Waals surface area contributed by atoms with E-state index in [-0.39, 0.29) is 6.42 Å². The van der Waals surface area contributed by atoms with Crippen molar-refractivity contribution in [3.8, 4) is 0 Å². The van der Waals surface area contributed by atoms with Crippen LogP contribution >= 0.6 is 0 Å². The quantitative estimate of drug-likeness (QED) is 0.0277. The van der Waals surface area contributed by atoms with E-state index < -0.39 is 218 Å². The standard InChI is InChI=1S/C43H70N14O20/c1-15(2)31(48)40(73)50-19(7-9-25(44)59)35(68)54-24(14-30(65)66)39(72)56-32(16(3)4)41(74)49-17(5)34(67)52-21(11-26(45)60)37(70)53-23(13-28(47)62)38(71)57-33(18(6)58)42(75)55-22(12-27(46)61)36(69)51-20(43(76)77)8-10-29(63)64/h15-24,31-33,58H,7-14,48H2,1-6H3,(H2,44,59)(H2,45,60)(H2,46,61)(H2,47,62)(H,49,74)(H,50,73)(H,51,69)(H,52,67)(H,53,70)(H,54,68)(H,55,75)(H,56,72)(H,57,71)(H,63,64)(H,65,66)(H,76,77)/t17-,18+,19-,20-,21-,22-,23-,24-,31-,32-,33-/m0/s1. The van der Waals surface area contributed by atoms with Crippen molar-refractivity contribution < 1.29 is 97.1 Å². The topological polar surface area (TPSA) is 592 Å². The fourth-order valence-corrected chi connectivity index (χ4v) is 6.46. The summed E-state index contributed by atoms with van der Waals surface area (Å²) in [5, 5.41) is 57.4. The van der Waals surface area contributed by atoms with Gasteiger partial charge in [-0.1, -0.05) is 27.7 Å². The fourth-order valence-electron chi connectivity index (χ4n) is 6.46. The molecule has 77 heavy (non-hydrogen) atoms. The number of nitrogens with one attached hydrogen (secondary N) is 9. The van der Waals surface area contributed by atoms with E-state index in [2.05, 4.69) is 26.6 Å². The molecular formula is C43H70N14O20. The van der Waals surface area contributed by atoms with Crippen LogP contribution in [0.15, 0.2) is 0 Å². The molecule has 0 aromatic rings. The number of rotatable bonds is 36. The first-order valence-corrected chi connectivity index (χ1v) is 23.5. The summed E-state index contributed by atoms with van der Waals surface area (Å²) in [4.78, 5) is 202. The van der Waals surface area contributed by atoms with E-state index in [0.29, 0.717) is 0 Å². The zero-order valence-electron chi connectivity index (χ0n) is 42.9. The Bertz CT molecular complexity index is 2240. The minimum Gasteiger partial charge on any atom is -0.481 e. The number of hydrogen-bond donors (Lipinski definition) is 18. The van der Waals surface area contributed by atoms with Crippen LogP contribution in [0.25, 0.3) is 0 Å². The Labute approximate surface area is 438 Å². The van der Waals surface area contributed by atoms with Gasteiger partial charge in [0.1, 0.15) is 54.4 Å². The zero-order chi connectivity index (χ0) is 59.8. The molecule has 0 saturated heterocycles. The number of aliphatic hydroxyl groups is 1. The Kier molecular flexibility index (Phi) is 29.0. The summed E-state index contributed by atoms with van der Waals surface area (Å²) in [6.45, 7) is 8.06. The molecule has 0 aliphatic carbocycles. The molecule has 11 atom stereocenters. The summed E-state index contributed by atoms with van der Waals surface area (Å²) in [7, 11) is 0. The summed E-state index contributed by atoms with van der Waals surface area (Å²) < 4.78 is 0. The van der Waals surface area contributed by atoms with Gasteiger partial charge in [0.15, 0.2) is 0 Å². The van der Waals surface area contributed by atoms with Crippen LogP contribution in [0, 0.1) is 11.8 Å². The van der Waals surface area contributed by atoms with Crippen LogP contribution in [0.1, 0.15) is 92.9 Å². The van der Waals surface area contributed by atoms with Crippen LogP contribution in [0.5, 0.6) is 0 Å². The van der Waals surface area contributed by atoms with Crippen molar-refractivity contribution in [2.75, 3.05) is 0 Å². The molecule has 0 bridgehead atoms. The summed E-state index contributed by atoms with van der Waals surface area (Å²) in [6.07, 6.45) is -8.20. The average molecular weight is 1100 g/mol.